The molecule has 166 valence electrons. The number of ether oxygens (including phenoxy) is 1. The second-order valence-electron chi connectivity index (χ2n) is 7.46. The summed E-state index contributed by atoms with van der Waals surface area (Å²) in [5.41, 5.74) is 5.64. The zero-order valence-corrected chi connectivity index (χ0v) is 19.5. The zero-order chi connectivity index (χ0) is 22.9. The van der Waals surface area contributed by atoms with Gasteiger partial charge >= 0.3 is 0 Å². The van der Waals surface area contributed by atoms with E-state index in [1.807, 2.05) is 60.7 Å². The fourth-order valence-corrected chi connectivity index (χ4v) is 4.22. The van der Waals surface area contributed by atoms with E-state index in [9.17, 15) is 4.79 Å². The van der Waals surface area contributed by atoms with Gasteiger partial charge in [-0.25, -0.2) is 5.43 Å². The van der Waals surface area contributed by atoms with E-state index in [-0.39, 0.29) is 5.91 Å². The Labute approximate surface area is 202 Å². The number of carbonyl (C=O) groups excluding carboxylic acids is 1. The number of hydrogen-bond donors (Lipinski definition) is 1. The van der Waals surface area contributed by atoms with E-state index >= 15 is 0 Å². The summed E-state index contributed by atoms with van der Waals surface area (Å²) in [6.45, 7) is 0.501. The molecule has 4 rings (SSSR count). The number of halogens is 1. The lowest BCUT2D eigenvalue weighted by Gasteiger charge is -2.07. The predicted molar refractivity (Wildman–Crippen MR) is 138 cm³/mol. The van der Waals surface area contributed by atoms with E-state index in [4.69, 9.17) is 16.3 Å². The Hall–Kier alpha value is -3.28. The first-order valence-corrected chi connectivity index (χ1v) is 12.0. The topological polar surface area (TPSA) is 50.7 Å². The summed E-state index contributed by atoms with van der Waals surface area (Å²) < 4.78 is 5.90. The van der Waals surface area contributed by atoms with Gasteiger partial charge in [-0.3, -0.25) is 4.79 Å². The summed E-state index contributed by atoms with van der Waals surface area (Å²) in [6.07, 6.45) is 1.62. The lowest BCUT2D eigenvalue weighted by Crippen LogP contribution is -2.19. The minimum absolute atomic E-state index is 0.145. The normalized spacial score (nSPS) is 11.1. The van der Waals surface area contributed by atoms with Gasteiger partial charge in [0.15, 0.2) is 0 Å². The number of amides is 1. The smallest absolute Gasteiger partial charge is 0.250 e. The number of fused-ring (bicyclic) bond motifs is 1. The standard InChI is InChI=1S/C27H23ClN2O2S/c28-25-7-3-4-22(15-25)18-33-19-27(31)30-29-16-20-9-12-26(13-10-20)32-17-21-8-11-23-5-1-2-6-24(23)14-21/h1-16H,17-19H2,(H,30,31)/b29-16+. The summed E-state index contributed by atoms with van der Waals surface area (Å²) in [4.78, 5) is 12.0. The fourth-order valence-electron chi connectivity index (χ4n) is 3.24. The van der Waals surface area contributed by atoms with Crippen molar-refractivity contribution in [3.05, 3.63) is 113 Å². The van der Waals surface area contributed by atoms with Crippen LogP contribution in [0.25, 0.3) is 10.8 Å². The molecule has 4 aromatic rings. The second kappa shape index (κ2) is 11.5. The van der Waals surface area contributed by atoms with Crippen molar-refractivity contribution in [2.45, 2.75) is 12.4 Å². The second-order valence-corrected chi connectivity index (χ2v) is 8.88. The average molecular weight is 475 g/mol. The van der Waals surface area contributed by atoms with Crippen LogP contribution >= 0.6 is 23.4 Å². The first kappa shape index (κ1) is 22.9. The van der Waals surface area contributed by atoms with Crippen LogP contribution in [0.1, 0.15) is 16.7 Å². The van der Waals surface area contributed by atoms with Crippen molar-refractivity contribution >= 4 is 46.3 Å². The predicted octanol–water partition coefficient (Wildman–Crippen LogP) is 6.46. The van der Waals surface area contributed by atoms with E-state index in [1.165, 1.54) is 22.5 Å². The molecule has 0 aromatic heterocycles. The van der Waals surface area contributed by atoms with Crippen molar-refractivity contribution in [1.29, 1.82) is 0 Å². The van der Waals surface area contributed by atoms with Crippen molar-refractivity contribution in [1.82, 2.24) is 5.43 Å². The molecule has 0 unspecified atom stereocenters. The quantitative estimate of drug-likeness (QED) is 0.224. The van der Waals surface area contributed by atoms with Gasteiger partial charge in [0, 0.05) is 10.8 Å². The number of nitrogens with one attached hydrogen (secondary N) is 1. The molecule has 33 heavy (non-hydrogen) atoms. The third-order valence-corrected chi connectivity index (χ3v) is 6.13. The van der Waals surface area contributed by atoms with E-state index in [2.05, 4.69) is 40.9 Å². The van der Waals surface area contributed by atoms with E-state index in [0.717, 1.165) is 28.2 Å². The third kappa shape index (κ3) is 7.11. The highest BCUT2D eigenvalue weighted by molar-refractivity contribution is 7.99. The van der Waals surface area contributed by atoms with Gasteiger partial charge in [-0.2, -0.15) is 5.10 Å². The summed E-state index contributed by atoms with van der Waals surface area (Å²) in [6, 6.07) is 29.8. The molecule has 0 aliphatic carbocycles. The number of hydrazone groups is 1. The van der Waals surface area contributed by atoms with Crippen LogP contribution in [-0.4, -0.2) is 17.9 Å². The maximum absolute atomic E-state index is 12.0. The van der Waals surface area contributed by atoms with Gasteiger partial charge in [0.1, 0.15) is 12.4 Å². The molecule has 0 aliphatic heterocycles. The minimum atomic E-state index is -0.145. The zero-order valence-electron chi connectivity index (χ0n) is 17.9. The van der Waals surface area contributed by atoms with Gasteiger partial charge in [0.25, 0.3) is 0 Å². The van der Waals surface area contributed by atoms with Crippen molar-refractivity contribution in [2.24, 2.45) is 5.10 Å². The Morgan fingerprint density at radius 3 is 2.55 bits per heavy atom. The van der Waals surface area contributed by atoms with Gasteiger partial charge in [0.05, 0.1) is 12.0 Å². The lowest BCUT2D eigenvalue weighted by atomic mass is 10.1. The van der Waals surface area contributed by atoms with E-state index < -0.39 is 0 Å². The molecule has 0 bridgehead atoms. The molecule has 4 aromatic carbocycles. The Morgan fingerprint density at radius 1 is 0.909 bits per heavy atom. The van der Waals surface area contributed by atoms with Crippen LogP contribution in [0.2, 0.25) is 5.02 Å². The van der Waals surface area contributed by atoms with Crippen LogP contribution in [0.3, 0.4) is 0 Å². The van der Waals surface area contributed by atoms with Crippen LogP contribution < -0.4 is 10.2 Å². The maximum Gasteiger partial charge on any atom is 0.250 e. The number of rotatable bonds is 9. The number of benzene rings is 4. The first-order chi connectivity index (χ1) is 16.2. The van der Waals surface area contributed by atoms with Crippen LogP contribution in [0, 0.1) is 0 Å². The largest absolute Gasteiger partial charge is 0.489 e. The summed E-state index contributed by atoms with van der Waals surface area (Å²) in [5, 5.41) is 7.16. The molecule has 0 atom stereocenters. The van der Waals surface area contributed by atoms with Crippen LogP contribution in [0.5, 0.6) is 5.75 Å². The highest BCUT2D eigenvalue weighted by Crippen LogP contribution is 2.19. The molecule has 0 radical (unpaired) electrons. The summed E-state index contributed by atoms with van der Waals surface area (Å²) in [7, 11) is 0. The Bertz CT molecular complexity index is 1260. The maximum atomic E-state index is 12.0. The molecule has 0 saturated carbocycles. The van der Waals surface area contributed by atoms with Crippen LogP contribution in [-0.2, 0) is 17.2 Å². The van der Waals surface area contributed by atoms with Gasteiger partial charge < -0.3 is 4.74 Å². The molecule has 6 heteroatoms. The van der Waals surface area contributed by atoms with E-state index in [1.54, 1.807) is 6.21 Å². The third-order valence-electron chi connectivity index (χ3n) is 4.89. The van der Waals surface area contributed by atoms with Gasteiger partial charge in [-0.05, 0) is 69.9 Å². The fraction of sp³-hybridized carbons (Fsp3) is 0.111. The molecule has 0 fully saturated rings. The van der Waals surface area contributed by atoms with Gasteiger partial charge in [-0.1, -0.05) is 60.1 Å². The molecule has 0 saturated heterocycles. The Kier molecular flexibility index (Phi) is 8.01. The molecule has 0 aliphatic rings. The molecule has 0 spiro atoms. The number of hydrogen-bond acceptors (Lipinski definition) is 4. The van der Waals surface area contributed by atoms with Gasteiger partial charge in [-0.15, -0.1) is 11.8 Å². The first-order valence-electron chi connectivity index (χ1n) is 10.5. The number of carbonyl (C=O) groups is 1. The minimum Gasteiger partial charge on any atom is -0.489 e. The Morgan fingerprint density at radius 2 is 1.73 bits per heavy atom. The molecule has 1 N–H and O–H groups in total. The molecule has 1 amide bonds. The Balaban J connectivity index is 1.20. The van der Waals surface area contributed by atoms with Crippen molar-refractivity contribution in [3.63, 3.8) is 0 Å². The van der Waals surface area contributed by atoms with Crippen LogP contribution in [0.15, 0.2) is 96.1 Å². The number of thioether (sulfide) groups is 1. The van der Waals surface area contributed by atoms with Crippen LogP contribution in [0.4, 0.5) is 0 Å². The molecular formula is C27H23ClN2O2S. The highest BCUT2D eigenvalue weighted by Gasteiger charge is 2.02. The SMILES string of the molecule is O=C(CSCc1cccc(Cl)c1)N/N=C/c1ccc(OCc2ccc3ccccc3c2)cc1. The van der Waals surface area contributed by atoms with Crippen molar-refractivity contribution in [2.75, 3.05) is 5.75 Å². The average Bonchev–Trinajstić information content (AvgIpc) is 2.83. The lowest BCUT2D eigenvalue weighted by molar-refractivity contribution is -0.118. The van der Waals surface area contributed by atoms with Crippen molar-refractivity contribution < 1.29 is 9.53 Å². The van der Waals surface area contributed by atoms with Gasteiger partial charge in [0.2, 0.25) is 5.91 Å². The monoisotopic (exact) mass is 474 g/mol. The molecule has 4 nitrogen and oxygen atoms in total. The van der Waals surface area contributed by atoms with Crippen molar-refractivity contribution in [3.8, 4) is 5.75 Å². The molecule has 0 heterocycles. The summed E-state index contributed by atoms with van der Waals surface area (Å²) >= 11 is 7.49. The highest BCUT2D eigenvalue weighted by atomic mass is 35.5. The molecular weight excluding hydrogens is 452 g/mol. The van der Waals surface area contributed by atoms with E-state index in [0.29, 0.717) is 17.4 Å². The number of nitrogens with zero attached hydrogens (tertiary/aromatic N) is 1. The summed E-state index contributed by atoms with van der Waals surface area (Å²) in [5.74, 6) is 1.68.